The summed E-state index contributed by atoms with van der Waals surface area (Å²) in [5.74, 6) is 0.0528. The highest BCUT2D eigenvalue weighted by atomic mass is 32.2. The topological polar surface area (TPSA) is 114 Å². The monoisotopic (exact) mass is 649 g/mol. The van der Waals surface area contributed by atoms with Crippen LogP contribution in [0.2, 0.25) is 0 Å². The number of aryl methyl sites for hydroxylation is 1. The molecule has 0 aliphatic carbocycles. The Morgan fingerprint density at radius 2 is 1.76 bits per heavy atom. The van der Waals surface area contributed by atoms with Gasteiger partial charge in [-0.25, -0.2) is 19.9 Å². The molecule has 10 nitrogen and oxygen atoms in total. The summed E-state index contributed by atoms with van der Waals surface area (Å²) < 4.78 is 41.8. The number of thioether (sulfide) groups is 1. The number of benzene rings is 3. The number of carbonyl (C=O) groups is 2. The second-order valence-corrected chi connectivity index (χ2v) is 12.8. The van der Waals surface area contributed by atoms with E-state index in [2.05, 4.69) is 30.3 Å². The van der Waals surface area contributed by atoms with Gasteiger partial charge in [-0.2, -0.15) is 10.1 Å². The number of halogens is 3. The lowest BCUT2D eigenvalue weighted by atomic mass is 9.98. The van der Waals surface area contributed by atoms with Gasteiger partial charge in [-0.3, -0.25) is 9.69 Å². The number of hydrazone groups is 1. The van der Waals surface area contributed by atoms with Gasteiger partial charge < -0.3 is 4.74 Å². The maximum Gasteiger partial charge on any atom is 0.573 e. The number of amides is 3. The van der Waals surface area contributed by atoms with Crippen molar-refractivity contribution < 1.29 is 27.5 Å². The number of amidine groups is 1. The molecule has 0 spiro atoms. The Balaban J connectivity index is 1.25. The van der Waals surface area contributed by atoms with E-state index in [0.29, 0.717) is 28.3 Å². The van der Waals surface area contributed by atoms with Gasteiger partial charge in [-0.1, -0.05) is 62.0 Å². The predicted octanol–water partition coefficient (Wildman–Crippen LogP) is 7.22. The molecule has 3 aromatic carbocycles. The highest BCUT2D eigenvalue weighted by Crippen LogP contribution is 2.42. The van der Waals surface area contributed by atoms with Crippen LogP contribution < -0.4 is 15.1 Å². The molecule has 1 aromatic heterocycles. The molecule has 46 heavy (non-hydrogen) atoms. The number of hydrogen-bond donors (Lipinski definition) is 1. The van der Waals surface area contributed by atoms with Crippen molar-refractivity contribution in [2.24, 2.45) is 10.1 Å². The van der Waals surface area contributed by atoms with Gasteiger partial charge in [-0.05, 0) is 73.7 Å². The third-order valence-corrected chi connectivity index (χ3v) is 8.01. The molecule has 2 heterocycles. The molecule has 0 bridgehead atoms. The van der Waals surface area contributed by atoms with E-state index in [1.807, 2.05) is 39.0 Å². The lowest BCUT2D eigenvalue weighted by molar-refractivity contribution is -0.274. The normalized spacial score (nSPS) is 15.7. The van der Waals surface area contributed by atoms with Gasteiger partial charge in [0.15, 0.2) is 11.0 Å². The molecular formula is C32H30F3N7O3S. The van der Waals surface area contributed by atoms with Crippen LogP contribution >= 0.6 is 11.8 Å². The van der Waals surface area contributed by atoms with Gasteiger partial charge in [0.1, 0.15) is 12.1 Å². The third kappa shape index (κ3) is 7.45. The van der Waals surface area contributed by atoms with Crippen LogP contribution in [0.25, 0.3) is 17.1 Å². The zero-order valence-corrected chi connectivity index (χ0v) is 26.3. The average molecular weight is 650 g/mol. The average Bonchev–Trinajstić information content (AvgIpc) is 3.55. The molecule has 238 valence electrons. The molecule has 1 fully saturated rings. The molecule has 4 aromatic rings. The largest absolute Gasteiger partial charge is 0.573 e. The van der Waals surface area contributed by atoms with Crippen LogP contribution in [0, 0.1) is 6.92 Å². The minimum Gasteiger partial charge on any atom is -0.406 e. The van der Waals surface area contributed by atoms with E-state index in [9.17, 15) is 22.8 Å². The van der Waals surface area contributed by atoms with E-state index < -0.39 is 17.1 Å². The maximum atomic E-state index is 13.4. The molecule has 5 rings (SSSR count). The van der Waals surface area contributed by atoms with E-state index in [0.717, 1.165) is 11.1 Å². The first-order chi connectivity index (χ1) is 21.7. The lowest BCUT2D eigenvalue weighted by Gasteiger charge is -2.23. The van der Waals surface area contributed by atoms with Gasteiger partial charge in [0, 0.05) is 5.56 Å². The summed E-state index contributed by atoms with van der Waals surface area (Å²) in [6.07, 6.45) is -1.87. The summed E-state index contributed by atoms with van der Waals surface area (Å²) in [5, 5.41) is 8.68. The molecule has 14 heteroatoms. The van der Waals surface area contributed by atoms with Crippen LogP contribution in [0.15, 0.2) is 83.2 Å². The predicted molar refractivity (Wildman–Crippen MR) is 171 cm³/mol. The Kier molecular flexibility index (Phi) is 9.01. The molecule has 0 radical (unpaired) electrons. The maximum absolute atomic E-state index is 13.4. The Labute approximate surface area is 267 Å². The van der Waals surface area contributed by atoms with E-state index in [1.54, 1.807) is 38.1 Å². The third-order valence-electron chi connectivity index (χ3n) is 6.87. The highest BCUT2D eigenvalue weighted by Gasteiger charge is 2.46. The van der Waals surface area contributed by atoms with Gasteiger partial charge in [0.25, 0.3) is 0 Å². The van der Waals surface area contributed by atoms with Crippen LogP contribution in [-0.4, -0.2) is 49.2 Å². The summed E-state index contributed by atoms with van der Waals surface area (Å²) in [5.41, 5.74) is 6.93. The minimum atomic E-state index is -4.77. The summed E-state index contributed by atoms with van der Waals surface area (Å²) in [6, 6.07) is 17.5. The van der Waals surface area contributed by atoms with Gasteiger partial charge >= 0.3 is 12.4 Å². The summed E-state index contributed by atoms with van der Waals surface area (Å²) in [6.45, 7) is 9.64. The first kappa shape index (κ1) is 32.4. The minimum absolute atomic E-state index is 0.150. The number of nitrogens with one attached hydrogen (secondary N) is 1. The Hall–Kier alpha value is -4.98. The van der Waals surface area contributed by atoms with Crippen molar-refractivity contribution >= 4 is 40.8 Å². The van der Waals surface area contributed by atoms with Crippen LogP contribution in [0.5, 0.6) is 5.75 Å². The molecule has 1 N–H and O–H groups in total. The van der Waals surface area contributed by atoms with Crippen molar-refractivity contribution in [1.82, 2.24) is 20.2 Å². The standard InChI is InChI=1S/C32H30F3N7O3S/c1-19(2)25-15-6-20(3)16-26(25)42-28(43)31(4,5)46-30(42)38-29(44)39-37-17-21-7-9-22(10-8-21)27-36-18-41(40-27)23-11-13-24(14-12-23)45-32(33,34)35/h6-19H,1-5H3,(H,39,44)/b37-17+,38-30-. The van der Waals surface area contributed by atoms with Gasteiger partial charge in [0.2, 0.25) is 5.91 Å². The number of alkyl halides is 3. The van der Waals surface area contributed by atoms with Crippen LogP contribution in [-0.2, 0) is 4.79 Å². The fraction of sp³-hybridized carbons (Fsp3) is 0.250. The van der Waals surface area contributed by atoms with Gasteiger partial charge in [0.05, 0.1) is 22.3 Å². The molecule has 0 unspecified atom stereocenters. The van der Waals surface area contributed by atoms with E-state index >= 15 is 0 Å². The quantitative estimate of drug-likeness (QED) is 0.167. The number of carbonyl (C=O) groups excluding carboxylic acids is 2. The van der Waals surface area contributed by atoms with Crippen LogP contribution in [0.1, 0.15) is 50.3 Å². The molecule has 1 aliphatic rings. The van der Waals surface area contributed by atoms with Crippen molar-refractivity contribution in [1.29, 1.82) is 0 Å². The lowest BCUT2D eigenvalue weighted by Crippen LogP contribution is -2.37. The number of anilines is 1. The summed E-state index contributed by atoms with van der Waals surface area (Å²) in [4.78, 5) is 36.1. The van der Waals surface area contributed by atoms with Crippen molar-refractivity contribution in [3.05, 3.63) is 89.7 Å². The van der Waals surface area contributed by atoms with Crippen LogP contribution in [0.3, 0.4) is 0 Å². The number of aliphatic imine (C=N–C) groups is 1. The van der Waals surface area contributed by atoms with Crippen molar-refractivity contribution in [3.8, 4) is 22.8 Å². The van der Waals surface area contributed by atoms with E-state index in [4.69, 9.17) is 0 Å². The second-order valence-electron chi connectivity index (χ2n) is 11.2. The molecule has 3 amide bonds. The van der Waals surface area contributed by atoms with Crippen molar-refractivity contribution in [2.45, 2.75) is 51.6 Å². The first-order valence-corrected chi connectivity index (χ1v) is 15.0. The zero-order valence-electron chi connectivity index (χ0n) is 25.5. The smallest absolute Gasteiger partial charge is 0.406 e. The van der Waals surface area contributed by atoms with Crippen molar-refractivity contribution in [2.75, 3.05) is 4.90 Å². The SMILES string of the molecule is Cc1ccc(C(C)C)c(N2C(=O)C(C)(C)S/C2=N\C(=O)N/N=C/c2ccc(-c3ncn(-c4ccc(OC(F)(F)F)cc4)n3)cc2)c1. The second kappa shape index (κ2) is 12.8. The first-order valence-electron chi connectivity index (χ1n) is 14.1. The number of rotatable bonds is 7. The highest BCUT2D eigenvalue weighted by molar-refractivity contribution is 8.16. The van der Waals surface area contributed by atoms with Crippen LogP contribution in [0.4, 0.5) is 23.7 Å². The molecule has 1 saturated heterocycles. The molecule has 0 atom stereocenters. The number of ether oxygens (including phenoxy) is 1. The molecular weight excluding hydrogens is 619 g/mol. The van der Waals surface area contributed by atoms with E-state index in [-0.39, 0.29) is 22.7 Å². The number of nitrogens with zero attached hydrogens (tertiary/aromatic N) is 6. The Morgan fingerprint density at radius 1 is 1.07 bits per heavy atom. The molecule has 1 aliphatic heterocycles. The number of urea groups is 1. The number of aromatic nitrogens is 3. The number of hydrogen-bond acceptors (Lipinski definition) is 7. The van der Waals surface area contributed by atoms with E-state index in [1.165, 1.54) is 58.2 Å². The molecule has 0 saturated carbocycles. The fourth-order valence-corrected chi connectivity index (χ4v) is 5.64. The summed E-state index contributed by atoms with van der Waals surface area (Å²) >= 11 is 1.22. The summed E-state index contributed by atoms with van der Waals surface area (Å²) in [7, 11) is 0. The Bertz CT molecular complexity index is 1820. The fourth-order valence-electron chi connectivity index (χ4n) is 4.61. The van der Waals surface area contributed by atoms with Crippen molar-refractivity contribution in [3.63, 3.8) is 0 Å². The Morgan fingerprint density at radius 3 is 2.41 bits per heavy atom. The van der Waals surface area contributed by atoms with Gasteiger partial charge in [-0.15, -0.1) is 18.3 Å². The zero-order chi connectivity index (χ0) is 33.2.